The van der Waals surface area contributed by atoms with Crippen LogP contribution in [0.3, 0.4) is 0 Å². The van der Waals surface area contributed by atoms with Crippen LogP contribution in [-0.2, 0) is 16.0 Å². The summed E-state index contributed by atoms with van der Waals surface area (Å²) in [7, 11) is 0. The van der Waals surface area contributed by atoms with Crippen LogP contribution < -0.4 is 0 Å². The molecule has 35 heavy (non-hydrogen) atoms. The summed E-state index contributed by atoms with van der Waals surface area (Å²) in [5.74, 6) is 2.16. The Kier molecular flexibility index (Phi) is 8.52. The number of aryl methyl sites for hydroxylation is 1. The van der Waals surface area contributed by atoms with Crippen LogP contribution in [-0.4, -0.2) is 19.0 Å². The molecule has 0 amide bonds. The van der Waals surface area contributed by atoms with Crippen LogP contribution in [0.4, 0.5) is 0 Å². The van der Waals surface area contributed by atoms with Crippen LogP contribution in [0.2, 0.25) is 0 Å². The molecule has 3 aliphatic carbocycles. The molecule has 4 aliphatic rings. The van der Waals surface area contributed by atoms with Gasteiger partial charge in [0.05, 0.1) is 0 Å². The average molecular weight is 471 g/mol. The van der Waals surface area contributed by atoms with Gasteiger partial charge in [-0.3, -0.25) is 4.79 Å². The molecule has 1 aromatic rings. The van der Waals surface area contributed by atoms with Gasteiger partial charge in [-0.2, -0.15) is 0 Å². The molecule has 2 unspecified atom stereocenters. The molecule has 2 atom stereocenters. The number of rotatable bonds is 6. The zero-order valence-corrected chi connectivity index (χ0v) is 21.4. The zero-order chi connectivity index (χ0) is 23.9. The predicted molar refractivity (Wildman–Crippen MR) is 144 cm³/mol. The molecule has 2 fully saturated rings. The Labute approximate surface area is 212 Å². The van der Waals surface area contributed by atoms with Gasteiger partial charge in [0.1, 0.15) is 0 Å². The number of carbonyl (C=O) groups is 1. The molecule has 0 bridgehead atoms. The van der Waals surface area contributed by atoms with Gasteiger partial charge in [0.15, 0.2) is 5.78 Å². The van der Waals surface area contributed by atoms with Gasteiger partial charge < -0.3 is 4.74 Å². The lowest BCUT2D eigenvalue weighted by atomic mass is 9.81. The minimum absolute atomic E-state index is 0.301. The molecule has 2 heteroatoms. The number of benzene rings is 1. The maximum Gasteiger partial charge on any atom is 0.156 e. The number of fused-ring (bicyclic) bond motifs is 1. The summed E-state index contributed by atoms with van der Waals surface area (Å²) in [5.41, 5.74) is 7.20. The third-order valence-electron chi connectivity index (χ3n) is 8.73. The zero-order valence-electron chi connectivity index (χ0n) is 21.4. The lowest BCUT2D eigenvalue weighted by Gasteiger charge is -2.23. The summed E-state index contributed by atoms with van der Waals surface area (Å²) in [4.78, 5) is 12.5. The van der Waals surface area contributed by atoms with Gasteiger partial charge in [-0.05, 0) is 97.5 Å². The van der Waals surface area contributed by atoms with Crippen molar-refractivity contribution in [1.29, 1.82) is 0 Å². The maximum atomic E-state index is 12.5. The van der Waals surface area contributed by atoms with Crippen molar-refractivity contribution in [2.24, 2.45) is 11.8 Å². The van der Waals surface area contributed by atoms with Crippen LogP contribution in [0.15, 0.2) is 71.4 Å². The van der Waals surface area contributed by atoms with Gasteiger partial charge in [0.2, 0.25) is 0 Å². The van der Waals surface area contributed by atoms with Gasteiger partial charge in [0, 0.05) is 19.6 Å². The van der Waals surface area contributed by atoms with Gasteiger partial charge in [-0.15, -0.1) is 0 Å². The van der Waals surface area contributed by atoms with Crippen molar-refractivity contribution in [1.82, 2.24) is 0 Å². The number of ketones is 1. The van der Waals surface area contributed by atoms with Crippen LogP contribution in [0, 0.1) is 11.8 Å². The first-order valence-electron chi connectivity index (χ1n) is 14.2. The van der Waals surface area contributed by atoms with E-state index in [4.69, 9.17) is 4.74 Å². The molecule has 0 N–H and O–H groups in total. The standard InChI is InChI=1S/C33H42O2/c34-32-18-17-30-8-3-7-25(14-19-33(30)31(24-32)23-27-5-1-2-6-27)10-11-26-12-15-29(16-13-26)28-9-4-21-35-22-20-28/h7-8,12-13,15-19,27-28,31H,1-6,9-11,14,20-24H2. The van der Waals surface area contributed by atoms with E-state index in [0.717, 1.165) is 51.2 Å². The molecule has 1 aliphatic heterocycles. The van der Waals surface area contributed by atoms with Crippen molar-refractivity contribution in [3.8, 4) is 0 Å². The monoisotopic (exact) mass is 470 g/mol. The second kappa shape index (κ2) is 12.2. The highest BCUT2D eigenvalue weighted by Gasteiger charge is 2.27. The molecule has 186 valence electrons. The molecule has 1 aromatic carbocycles. The van der Waals surface area contributed by atoms with Gasteiger partial charge in [-0.25, -0.2) is 0 Å². The van der Waals surface area contributed by atoms with E-state index in [1.807, 2.05) is 6.08 Å². The van der Waals surface area contributed by atoms with E-state index in [1.54, 1.807) is 0 Å². The van der Waals surface area contributed by atoms with Crippen LogP contribution in [0.1, 0.15) is 94.1 Å². The van der Waals surface area contributed by atoms with Gasteiger partial charge in [-0.1, -0.05) is 79.8 Å². The second-order valence-electron chi connectivity index (χ2n) is 11.2. The van der Waals surface area contributed by atoms with Crippen molar-refractivity contribution >= 4 is 5.78 Å². The Morgan fingerprint density at radius 2 is 1.69 bits per heavy atom. The highest BCUT2D eigenvalue weighted by Crippen LogP contribution is 2.39. The third kappa shape index (κ3) is 6.73. The van der Waals surface area contributed by atoms with E-state index in [9.17, 15) is 4.79 Å². The number of ether oxygens (including phenoxy) is 1. The van der Waals surface area contributed by atoms with Crippen LogP contribution >= 0.6 is 0 Å². The first-order valence-corrected chi connectivity index (χ1v) is 14.2. The van der Waals surface area contributed by atoms with Crippen molar-refractivity contribution < 1.29 is 9.53 Å². The first kappa shape index (κ1) is 24.5. The Balaban J connectivity index is 1.22. The molecule has 1 saturated carbocycles. The predicted octanol–water partition coefficient (Wildman–Crippen LogP) is 8.20. The SMILES string of the molecule is O=C1C=CC2=CCC=C(CCc3ccc(C4CCCOCC4)cc3)CC=C2C(CC2CCCC2)C1. The van der Waals surface area contributed by atoms with E-state index >= 15 is 0 Å². The highest BCUT2D eigenvalue weighted by atomic mass is 16.5. The molecule has 1 heterocycles. The van der Waals surface area contributed by atoms with Crippen molar-refractivity contribution in [3.63, 3.8) is 0 Å². The van der Waals surface area contributed by atoms with E-state index < -0.39 is 0 Å². The largest absolute Gasteiger partial charge is 0.381 e. The lowest BCUT2D eigenvalue weighted by molar-refractivity contribution is -0.115. The first-order chi connectivity index (χ1) is 17.2. The van der Waals surface area contributed by atoms with E-state index in [1.165, 1.54) is 72.8 Å². The van der Waals surface area contributed by atoms with Crippen molar-refractivity contribution in [2.75, 3.05) is 13.2 Å². The summed E-state index contributed by atoms with van der Waals surface area (Å²) >= 11 is 0. The topological polar surface area (TPSA) is 26.3 Å². The Morgan fingerprint density at radius 3 is 2.54 bits per heavy atom. The van der Waals surface area contributed by atoms with E-state index in [0.29, 0.717) is 24.0 Å². The molecule has 5 rings (SSSR count). The Morgan fingerprint density at radius 1 is 0.829 bits per heavy atom. The average Bonchev–Trinajstić information content (AvgIpc) is 3.15. The number of hydrogen-bond donors (Lipinski definition) is 0. The fourth-order valence-corrected chi connectivity index (χ4v) is 6.64. The normalized spacial score (nSPS) is 26.1. The van der Waals surface area contributed by atoms with Crippen molar-refractivity contribution in [2.45, 2.75) is 89.4 Å². The van der Waals surface area contributed by atoms with Gasteiger partial charge in [0.25, 0.3) is 0 Å². The summed E-state index contributed by atoms with van der Waals surface area (Å²) < 4.78 is 5.64. The Hall–Kier alpha value is -2.19. The minimum atomic E-state index is 0.301. The minimum Gasteiger partial charge on any atom is -0.381 e. The smallest absolute Gasteiger partial charge is 0.156 e. The molecule has 0 spiro atoms. The summed E-state index contributed by atoms with van der Waals surface area (Å²) in [6.07, 6.45) is 26.3. The molecular formula is C33H42O2. The molecule has 2 nitrogen and oxygen atoms in total. The fraction of sp³-hybridized carbons (Fsp3) is 0.545. The third-order valence-corrected chi connectivity index (χ3v) is 8.73. The van der Waals surface area contributed by atoms with Crippen LogP contribution in [0.5, 0.6) is 0 Å². The molecule has 0 aromatic heterocycles. The van der Waals surface area contributed by atoms with Gasteiger partial charge >= 0.3 is 0 Å². The number of allylic oxidation sites excluding steroid dienone is 8. The van der Waals surface area contributed by atoms with Crippen molar-refractivity contribution in [3.05, 3.63) is 82.5 Å². The molecule has 1 saturated heterocycles. The number of hydrogen-bond acceptors (Lipinski definition) is 2. The lowest BCUT2D eigenvalue weighted by Crippen LogP contribution is -2.13. The summed E-state index contributed by atoms with van der Waals surface area (Å²) in [5, 5.41) is 0. The Bertz CT molecular complexity index is 976. The summed E-state index contributed by atoms with van der Waals surface area (Å²) in [6.45, 7) is 1.82. The maximum absolute atomic E-state index is 12.5. The number of carbonyl (C=O) groups excluding carboxylic acids is 1. The second-order valence-corrected chi connectivity index (χ2v) is 11.2. The highest BCUT2D eigenvalue weighted by molar-refractivity contribution is 5.91. The quantitative estimate of drug-likeness (QED) is 0.392. The van der Waals surface area contributed by atoms with E-state index in [-0.39, 0.29) is 0 Å². The fourth-order valence-electron chi connectivity index (χ4n) is 6.64. The molecular weight excluding hydrogens is 428 g/mol. The van der Waals surface area contributed by atoms with E-state index in [2.05, 4.69) is 48.6 Å². The summed E-state index contributed by atoms with van der Waals surface area (Å²) in [6, 6.07) is 9.41. The molecule has 0 radical (unpaired) electrons. The van der Waals surface area contributed by atoms with Crippen LogP contribution in [0.25, 0.3) is 0 Å².